The van der Waals surface area contributed by atoms with Crippen molar-refractivity contribution in [1.82, 2.24) is 19.7 Å². The Labute approximate surface area is 167 Å². The van der Waals surface area contributed by atoms with E-state index >= 15 is 0 Å². The molecule has 0 spiro atoms. The maximum Gasteiger partial charge on any atom is 0.191 e. The summed E-state index contributed by atoms with van der Waals surface area (Å²) in [5, 5.41) is 9.69. The van der Waals surface area contributed by atoms with Crippen LogP contribution in [-0.2, 0) is 13.0 Å². The largest absolute Gasteiger partial charge is 0.497 e. The fraction of sp³-hybridized carbons (Fsp3) is 0.190. The number of pyridine rings is 1. The van der Waals surface area contributed by atoms with Crippen molar-refractivity contribution in [1.29, 1.82) is 0 Å². The van der Waals surface area contributed by atoms with Crippen LogP contribution in [0.4, 0.5) is 0 Å². The van der Waals surface area contributed by atoms with Crippen molar-refractivity contribution >= 4 is 11.8 Å². The normalized spacial score (nSPS) is 10.9. The Morgan fingerprint density at radius 3 is 2.68 bits per heavy atom. The van der Waals surface area contributed by atoms with E-state index in [-0.39, 0.29) is 0 Å². The topological polar surface area (TPSA) is 66.0 Å². The van der Waals surface area contributed by atoms with Crippen LogP contribution < -0.4 is 4.74 Å². The summed E-state index contributed by atoms with van der Waals surface area (Å²) in [4.78, 5) is 4.20. The highest BCUT2D eigenvalue weighted by molar-refractivity contribution is 7.99. The molecule has 7 heteroatoms. The minimum Gasteiger partial charge on any atom is -0.497 e. The minimum absolute atomic E-state index is 0.578. The van der Waals surface area contributed by atoms with Crippen LogP contribution >= 0.6 is 11.8 Å². The molecule has 0 atom stereocenters. The second-order valence-electron chi connectivity index (χ2n) is 6.16. The molecule has 4 aromatic rings. The second kappa shape index (κ2) is 8.75. The Hall–Kier alpha value is -3.06. The highest BCUT2D eigenvalue weighted by Gasteiger charge is 2.16. The number of ether oxygens (including phenoxy) is 1. The van der Waals surface area contributed by atoms with Crippen LogP contribution in [0.5, 0.6) is 5.75 Å². The highest BCUT2D eigenvalue weighted by Crippen LogP contribution is 2.25. The fourth-order valence-electron chi connectivity index (χ4n) is 2.86. The molecule has 0 saturated heterocycles. The molecular weight excluding hydrogens is 372 g/mol. The lowest BCUT2D eigenvalue weighted by Crippen LogP contribution is -2.04. The van der Waals surface area contributed by atoms with Crippen molar-refractivity contribution in [3.8, 4) is 17.1 Å². The number of aromatic nitrogens is 4. The monoisotopic (exact) mass is 392 g/mol. The van der Waals surface area contributed by atoms with Crippen LogP contribution in [-0.4, -0.2) is 32.6 Å². The van der Waals surface area contributed by atoms with E-state index < -0.39 is 0 Å². The lowest BCUT2D eigenvalue weighted by atomic mass is 10.2. The molecule has 0 amide bonds. The molecule has 0 bridgehead atoms. The number of aryl methyl sites for hydroxylation is 1. The molecule has 0 fully saturated rings. The van der Waals surface area contributed by atoms with Crippen LogP contribution in [0.1, 0.15) is 11.3 Å². The van der Waals surface area contributed by atoms with Crippen LogP contribution in [0.15, 0.2) is 76.8 Å². The van der Waals surface area contributed by atoms with Crippen molar-refractivity contribution in [3.63, 3.8) is 0 Å². The van der Waals surface area contributed by atoms with Crippen molar-refractivity contribution in [2.24, 2.45) is 0 Å². The first kappa shape index (κ1) is 18.3. The van der Waals surface area contributed by atoms with Crippen LogP contribution in [0, 0.1) is 0 Å². The average Bonchev–Trinajstić information content (AvgIpc) is 3.40. The van der Waals surface area contributed by atoms with E-state index in [1.807, 2.05) is 36.4 Å². The first-order valence-corrected chi connectivity index (χ1v) is 9.94. The molecule has 0 N–H and O–H groups in total. The van der Waals surface area contributed by atoms with Crippen LogP contribution in [0.2, 0.25) is 0 Å². The Balaban J connectivity index is 1.51. The van der Waals surface area contributed by atoms with Gasteiger partial charge in [0, 0.05) is 23.7 Å². The van der Waals surface area contributed by atoms with E-state index in [0.29, 0.717) is 6.54 Å². The molecule has 6 nitrogen and oxygen atoms in total. The summed E-state index contributed by atoms with van der Waals surface area (Å²) in [5.41, 5.74) is 2.20. The second-order valence-corrected chi connectivity index (χ2v) is 7.22. The summed E-state index contributed by atoms with van der Waals surface area (Å²) < 4.78 is 12.8. The van der Waals surface area contributed by atoms with Gasteiger partial charge in [0.2, 0.25) is 0 Å². The van der Waals surface area contributed by atoms with Gasteiger partial charge in [-0.1, -0.05) is 23.9 Å². The predicted octanol–water partition coefficient (Wildman–Crippen LogP) is 4.32. The third-order valence-electron chi connectivity index (χ3n) is 4.31. The van der Waals surface area contributed by atoms with Gasteiger partial charge in [0.25, 0.3) is 0 Å². The van der Waals surface area contributed by atoms with E-state index in [0.717, 1.165) is 40.2 Å². The molecule has 1 aromatic carbocycles. The molecule has 0 aliphatic carbocycles. The van der Waals surface area contributed by atoms with Gasteiger partial charge in [-0.2, -0.15) is 0 Å². The molecule has 3 aromatic heterocycles. The zero-order valence-electron chi connectivity index (χ0n) is 15.5. The summed E-state index contributed by atoms with van der Waals surface area (Å²) in [5.74, 6) is 3.42. The minimum atomic E-state index is 0.578. The van der Waals surface area contributed by atoms with Gasteiger partial charge in [-0.05, 0) is 48.4 Å². The fourth-order valence-corrected chi connectivity index (χ4v) is 3.78. The Morgan fingerprint density at radius 2 is 1.96 bits per heavy atom. The Morgan fingerprint density at radius 1 is 1.07 bits per heavy atom. The van der Waals surface area contributed by atoms with Crippen molar-refractivity contribution in [2.75, 3.05) is 12.9 Å². The third-order valence-corrected chi connectivity index (χ3v) is 5.28. The van der Waals surface area contributed by atoms with Crippen LogP contribution in [0.3, 0.4) is 0 Å². The maximum absolute atomic E-state index is 5.54. The van der Waals surface area contributed by atoms with Crippen molar-refractivity contribution in [2.45, 2.75) is 18.1 Å². The standard InChI is InChI=1S/C21H20N4O2S/c1-26-18-8-6-16(7-9-18)10-13-28-21-24-23-20(17-4-2-11-22-14-17)25(21)15-19-5-3-12-27-19/h2-9,11-12,14H,10,13,15H2,1H3. The van der Waals surface area contributed by atoms with E-state index in [1.54, 1.807) is 37.5 Å². The zero-order chi connectivity index (χ0) is 19.2. The van der Waals surface area contributed by atoms with Gasteiger partial charge in [-0.15, -0.1) is 10.2 Å². The quantitative estimate of drug-likeness (QED) is 0.416. The summed E-state index contributed by atoms with van der Waals surface area (Å²) in [6.07, 6.45) is 6.17. The Kier molecular flexibility index (Phi) is 5.72. The van der Waals surface area contributed by atoms with E-state index in [1.165, 1.54) is 5.56 Å². The first-order chi connectivity index (χ1) is 13.8. The van der Waals surface area contributed by atoms with Gasteiger partial charge in [0.15, 0.2) is 11.0 Å². The molecule has 3 heterocycles. The number of nitrogens with zero attached hydrogens (tertiary/aromatic N) is 4. The summed E-state index contributed by atoms with van der Waals surface area (Å²) in [6, 6.07) is 15.9. The molecule has 0 unspecified atom stereocenters. The number of methoxy groups -OCH3 is 1. The number of rotatable bonds is 8. The van der Waals surface area contributed by atoms with Crippen LogP contribution in [0.25, 0.3) is 11.4 Å². The van der Waals surface area contributed by atoms with Gasteiger partial charge < -0.3 is 9.15 Å². The van der Waals surface area contributed by atoms with Gasteiger partial charge in [0.05, 0.1) is 19.9 Å². The Bertz CT molecular complexity index is 999. The number of hydrogen-bond acceptors (Lipinski definition) is 6. The summed E-state index contributed by atoms with van der Waals surface area (Å²) >= 11 is 1.69. The van der Waals surface area contributed by atoms with E-state index in [2.05, 4.69) is 31.9 Å². The van der Waals surface area contributed by atoms with E-state index in [4.69, 9.17) is 9.15 Å². The van der Waals surface area contributed by atoms with Gasteiger partial charge >= 0.3 is 0 Å². The molecule has 0 saturated carbocycles. The molecular formula is C21H20N4O2S. The molecule has 0 aliphatic heterocycles. The number of thioether (sulfide) groups is 1. The number of benzene rings is 1. The molecule has 4 rings (SSSR count). The first-order valence-electron chi connectivity index (χ1n) is 8.95. The predicted molar refractivity (Wildman–Crippen MR) is 108 cm³/mol. The van der Waals surface area contributed by atoms with Crippen molar-refractivity contribution in [3.05, 3.63) is 78.5 Å². The van der Waals surface area contributed by atoms with Crippen molar-refractivity contribution < 1.29 is 9.15 Å². The smallest absolute Gasteiger partial charge is 0.191 e. The lowest BCUT2D eigenvalue weighted by Gasteiger charge is -2.09. The number of hydrogen-bond donors (Lipinski definition) is 0. The summed E-state index contributed by atoms with van der Waals surface area (Å²) in [6.45, 7) is 0.578. The molecule has 28 heavy (non-hydrogen) atoms. The van der Waals surface area contributed by atoms with E-state index in [9.17, 15) is 0 Å². The van der Waals surface area contributed by atoms with Gasteiger partial charge in [0.1, 0.15) is 11.5 Å². The SMILES string of the molecule is COc1ccc(CCSc2nnc(-c3cccnc3)n2Cc2ccco2)cc1. The van der Waals surface area contributed by atoms with Gasteiger partial charge in [-0.3, -0.25) is 9.55 Å². The molecule has 0 radical (unpaired) electrons. The third kappa shape index (κ3) is 4.26. The maximum atomic E-state index is 5.54. The molecule has 0 aliphatic rings. The zero-order valence-corrected chi connectivity index (χ0v) is 16.3. The highest BCUT2D eigenvalue weighted by atomic mass is 32.2. The summed E-state index contributed by atoms with van der Waals surface area (Å²) in [7, 11) is 1.68. The molecule has 142 valence electrons. The lowest BCUT2D eigenvalue weighted by molar-refractivity contribution is 0.414. The average molecular weight is 392 g/mol. The number of furan rings is 1. The van der Waals surface area contributed by atoms with Gasteiger partial charge in [-0.25, -0.2) is 0 Å².